The van der Waals surface area contributed by atoms with Gasteiger partial charge in [0, 0.05) is 31.0 Å². The number of carbonyl (C=O) groups is 1. The highest BCUT2D eigenvalue weighted by Gasteiger charge is 2.26. The van der Waals surface area contributed by atoms with E-state index in [0.29, 0.717) is 24.7 Å². The molecule has 10 heteroatoms. The molecule has 4 rings (SSSR count). The van der Waals surface area contributed by atoms with E-state index in [1.807, 2.05) is 19.9 Å². The molecule has 2 aromatic heterocycles. The van der Waals surface area contributed by atoms with Crippen LogP contribution < -0.4 is 5.32 Å². The van der Waals surface area contributed by atoms with E-state index in [-0.39, 0.29) is 23.8 Å². The highest BCUT2D eigenvalue weighted by Crippen LogP contribution is 2.21. The second-order valence-electron chi connectivity index (χ2n) is 7.84. The summed E-state index contributed by atoms with van der Waals surface area (Å²) < 4.78 is 28.9. The fraction of sp³-hybridized carbons (Fsp3) is 0.429. The molecule has 0 aliphatic carbocycles. The summed E-state index contributed by atoms with van der Waals surface area (Å²) in [6, 6.07) is 8.64. The first-order valence-electron chi connectivity index (χ1n) is 10.4. The van der Waals surface area contributed by atoms with Crippen LogP contribution in [-0.2, 0) is 27.8 Å². The number of nitrogens with one attached hydrogen (secondary N) is 1. The predicted molar refractivity (Wildman–Crippen MR) is 115 cm³/mol. The van der Waals surface area contributed by atoms with E-state index in [1.165, 1.54) is 0 Å². The van der Waals surface area contributed by atoms with Crippen LogP contribution in [0.2, 0.25) is 0 Å². The molecule has 1 N–H and O–H groups in total. The maximum absolute atomic E-state index is 12.9. The lowest BCUT2D eigenvalue weighted by Crippen LogP contribution is -2.35. The number of aromatic nitrogens is 4. The third kappa shape index (κ3) is 4.75. The van der Waals surface area contributed by atoms with Crippen LogP contribution in [0.5, 0.6) is 0 Å². The number of fused-ring (bicyclic) bond motifs is 1. The molecule has 1 aliphatic rings. The number of sulfonamides is 1. The quantitative estimate of drug-likeness (QED) is 0.623. The van der Waals surface area contributed by atoms with Crippen LogP contribution in [0.25, 0.3) is 5.78 Å². The molecule has 1 aromatic carbocycles. The molecule has 0 spiro atoms. The number of nitrogens with zero attached hydrogens (tertiary/aromatic N) is 5. The maximum Gasteiger partial charge on any atom is 0.252 e. The van der Waals surface area contributed by atoms with Crippen molar-refractivity contribution >= 4 is 21.7 Å². The van der Waals surface area contributed by atoms with Gasteiger partial charge in [-0.2, -0.15) is 9.29 Å². The molecule has 0 radical (unpaired) electrons. The Morgan fingerprint density at radius 3 is 2.65 bits per heavy atom. The lowest BCUT2D eigenvalue weighted by Gasteiger charge is -2.26. The molecule has 3 heterocycles. The predicted octanol–water partition coefficient (Wildman–Crippen LogP) is 1.77. The summed E-state index contributed by atoms with van der Waals surface area (Å²) in [7, 11) is -3.50. The number of rotatable bonds is 6. The lowest BCUT2D eigenvalue weighted by atomic mass is 10.2. The molecule has 0 atom stereocenters. The molecule has 31 heavy (non-hydrogen) atoms. The van der Waals surface area contributed by atoms with Gasteiger partial charge in [0.2, 0.25) is 15.9 Å². The maximum atomic E-state index is 12.9. The standard InChI is InChI=1S/C21H26N6O3S/c1-15-11-16(2)27-21(23-15)24-19(25-27)13-20(28)22-14-17-7-6-8-18(12-17)31(29,30)26-9-4-3-5-10-26/h6-8,11-12H,3-5,9-10,13-14H2,1-2H3,(H,22,28). The molecular weight excluding hydrogens is 416 g/mol. The van der Waals surface area contributed by atoms with Crippen LogP contribution in [0.3, 0.4) is 0 Å². The minimum atomic E-state index is -3.50. The Labute approximate surface area is 181 Å². The van der Waals surface area contributed by atoms with E-state index in [2.05, 4.69) is 20.4 Å². The number of hydrogen-bond donors (Lipinski definition) is 1. The lowest BCUT2D eigenvalue weighted by molar-refractivity contribution is -0.120. The third-order valence-electron chi connectivity index (χ3n) is 5.32. The molecule has 0 saturated carbocycles. The van der Waals surface area contributed by atoms with Gasteiger partial charge in [-0.15, -0.1) is 5.10 Å². The zero-order valence-electron chi connectivity index (χ0n) is 17.7. The average molecular weight is 443 g/mol. The molecule has 1 saturated heterocycles. The van der Waals surface area contributed by atoms with Crippen molar-refractivity contribution < 1.29 is 13.2 Å². The van der Waals surface area contributed by atoms with E-state index in [4.69, 9.17) is 0 Å². The Kier molecular flexibility index (Phi) is 6.01. The first kappa shape index (κ1) is 21.4. The molecule has 0 unspecified atom stereocenters. The third-order valence-corrected chi connectivity index (χ3v) is 7.22. The molecule has 1 amide bonds. The molecule has 1 aliphatic heterocycles. The minimum Gasteiger partial charge on any atom is -0.352 e. The number of piperidine rings is 1. The minimum absolute atomic E-state index is 0.0214. The van der Waals surface area contributed by atoms with E-state index in [1.54, 1.807) is 33.1 Å². The van der Waals surface area contributed by atoms with E-state index >= 15 is 0 Å². The highest BCUT2D eigenvalue weighted by molar-refractivity contribution is 7.89. The van der Waals surface area contributed by atoms with E-state index in [9.17, 15) is 13.2 Å². The van der Waals surface area contributed by atoms with E-state index < -0.39 is 10.0 Å². The van der Waals surface area contributed by atoms with Gasteiger partial charge in [-0.05, 0) is 50.5 Å². The largest absolute Gasteiger partial charge is 0.352 e. The van der Waals surface area contributed by atoms with Crippen LogP contribution >= 0.6 is 0 Å². The summed E-state index contributed by atoms with van der Waals surface area (Å²) in [5.41, 5.74) is 2.46. The van der Waals surface area contributed by atoms with Crippen molar-refractivity contribution in [2.75, 3.05) is 13.1 Å². The number of aryl methyl sites for hydroxylation is 2. The second-order valence-corrected chi connectivity index (χ2v) is 9.78. The van der Waals surface area contributed by atoms with Gasteiger partial charge in [0.15, 0.2) is 5.82 Å². The monoisotopic (exact) mass is 442 g/mol. The van der Waals surface area contributed by atoms with Gasteiger partial charge >= 0.3 is 0 Å². The summed E-state index contributed by atoms with van der Waals surface area (Å²) >= 11 is 0. The van der Waals surface area contributed by atoms with Gasteiger partial charge in [0.05, 0.1) is 11.3 Å². The van der Waals surface area contributed by atoms with Gasteiger partial charge in [-0.1, -0.05) is 18.6 Å². The van der Waals surface area contributed by atoms with Crippen LogP contribution in [0.1, 0.15) is 42.0 Å². The summed E-state index contributed by atoms with van der Waals surface area (Å²) in [5, 5.41) is 7.16. The summed E-state index contributed by atoms with van der Waals surface area (Å²) in [6.45, 7) is 5.14. The van der Waals surface area contributed by atoms with Crippen molar-refractivity contribution in [3.63, 3.8) is 0 Å². The molecule has 3 aromatic rings. The first-order valence-corrected chi connectivity index (χ1v) is 11.8. The topological polar surface area (TPSA) is 110 Å². The number of hydrogen-bond acceptors (Lipinski definition) is 6. The van der Waals surface area contributed by atoms with Crippen LogP contribution in [-0.4, -0.2) is 51.3 Å². The van der Waals surface area contributed by atoms with Gasteiger partial charge in [0.25, 0.3) is 5.78 Å². The van der Waals surface area contributed by atoms with Gasteiger partial charge < -0.3 is 5.32 Å². The molecule has 164 valence electrons. The number of carbonyl (C=O) groups excluding carboxylic acids is 1. The van der Waals surface area contributed by atoms with Crippen LogP contribution in [0.15, 0.2) is 35.2 Å². The van der Waals surface area contributed by atoms with Gasteiger partial charge in [0.1, 0.15) is 0 Å². The van der Waals surface area contributed by atoms with E-state index in [0.717, 1.165) is 36.2 Å². The fourth-order valence-corrected chi connectivity index (χ4v) is 5.35. The Balaban J connectivity index is 1.41. The highest BCUT2D eigenvalue weighted by atomic mass is 32.2. The Morgan fingerprint density at radius 1 is 1.10 bits per heavy atom. The Hall–Kier alpha value is -2.85. The molecular formula is C21H26N6O3S. The number of amides is 1. The smallest absolute Gasteiger partial charge is 0.252 e. The average Bonchev–Trinajstić information content (AvgIpc) is 3.15. The fourth-order valence-electron chi connectivity index (χ4n) is 3.76. The zero-order valence-corrected chi connectivity index (χ0v) is 18.5. The van der Waals surface area contributed by atoms with Crippen molar-refractivity contribution in [2.45, 2.75) is 51.0 Å². The van der Waals surface area contributed by atoms with Crippen molar-refractivity contribution in [2.24, 2.45) is 0 Å². The normalized spacial score (nSPS) is 15.3. The molecule has 9 nitrogen and oxygen atoms in total. The second kappa shape index (κ2) is 8.72. The van der Waals surface area contributed by atoms with Crippen molar-refractivity contribution in [1.29, 1.82) is 0 Å². The van der Waals surface area contributed by atoms with Crippen LogP contribution in [0, 0.1) is 13.8 Å². The summed E-state index contributed by atoms with van der Waals surface area (Å²) in [5.74, 6) is 0.616. The number of benzene rings is 1. The Morgan fingerprint density at radius 2 is 1.87 bits per heavy atom. The SMILES string of the molecule is Cc1cc(C)n2nc(CC(=O)NCc3cccc(S(=O)(=O)N4CCCCC4)c3)nc2n1. The first-order chi connectivity index (χ1) is 14.8. The summed E-state index contributed by atoms with van der Waals surface area (Å²) in [4.78, 5) is 21.3. The Bertz CT molecular complexity index is 1220. The van der Waals surface area contributed by atoms with Crippen LogP contribution in [0.4, 0.5) is 0 Å². The van der Waals surface area contributed by atoms with Gasteiger partial charge in [-0.3, -0.25) is 4.79 Å². The van der Waals surface area contributed by atoms with Gasteiger partial charge in [-0.25, -0.2) is 17.9 Å². The summed E-state index contributed by atoms with van der Waals surface area (Å²) in [6.07, 6.45) is 2.86. The zero-order chi connectivity index (χ0) is 22.0. The van der Waals surface area contributed by atoms with Crippen molar-refractivity contribution in [1.82, 2.24) is 29.2 Å². The van der Waals surface area contributed by atoms with Crippen molar-refractivity contribution in [3.05, 3.63) is 53.1 Å². The molecule has 0 bridgehead atoms. The van der Waals surface area contributed by atoms with Crippen molar-refractivity contribution in [3.8, 4) is 0 Å². The molecule has 1 fully saturated rings.